The molecule has 4 rings (SSSR count). The summed E-state index contributed by atoms with van der Waals surface area (Å²) < 4.78 is 19.6. The summed E-state index contributed by atoms with van der Waals surface area (Å²) in [4.78, 5) is 44.7. The SMILES string of the molecule is Cc1c(F)cccc1-c1nc(-c2ccccc2)[nH]c(=O)c1C(=O)OC1=CC(=O)CCC1. The van der Waals surface area contributed by atoms with Crippen LogP contribution in [0.2, 0.25) is 0 Å². The fourth-order valence-electron chi connectivity index (χ4n) is 3.47. The van der Waals surface area contributed by atoms with E-state index in [4.69, 9.17) is 4.74 Å². The van der Waals surface area contributed by atoms with Gasteiger partial charge in [-0.1, -0.05) is 42.5 Å². The summed E-state index contributed by atoms with van der Waals surface area (Å²) in [5, 5.41) is 0. The number of ketones is 1. The van der Waals surface area contributed by atoms with Crippen molar-refractivity contribution in [1.29, 1.82) is 0 Å². The number of hydrogen-bond acceptors (Lipinski definition) is 5. The van der Waals surface area contributed by atoms with Crippen LogP contribution in [0.5, 0.6) is 0 Å². The summed E-state index contributed by atoms with van der Waals surface area (Å²) in [5.41, 5.74) is 0.167. The van der Waals surface area contributed by atoms with E-state index in [-0.39, 0.29) is 34.2 Å². The highest BCUT2D eigenvalue weighted by atomic mass is 19.1. The van der Waals surface area contributed by atoms with Crippen molar-refractivity contribution in [2.45, 2.75) is 26.2 Å². The fourth-order valence-corrected chi connectivity index (χ4v) is 3.47. The lowest BCUT2D eigenvalue weighted by Crippen LogP contribution is -2.24. The smallest absolute Gasteiger partial charge is 0.351 e. The second kappa shape index (κ2) is 8.47. The number of nitrogens with one attached hydrogen (secondary N) is 1. The number of nitrogens with zero attached hydrogens (tertiary/aromatic N) is 1. The number of hydrogen-bond donors (Lipinski definition) is 1. The summed E-state index contributed by atoms with van der Waals surface area (Å²) in [7, 11) is 0. The average Bonchev–Trinajstić information content (AvgIpc) is 2.75. The molecule has 0 bridgehead atoms. The molecule has 0 unspecified atom stereocenters. The van der Waals surface area contributed by atoms with E-state index in [1.165, 1.54) is 18.2 Å². The summed E-state index contributed by atoms with van der Waals surface area (Å²) >= 11 is 0. The monoisotopic (exact) mass is 418 g/mol. The van der Waals surface area contributed by atoms with Crippen molar-refractivity contribution in [3.63, 3.8) is 0 Å². The first-order chi connectivity index (χ1) is 14.9. The fraction of sp³-hybridized carbons (Fsp3) is 0.167. The molecule has 0 atom stereocenters. The van der Waals surface area contributed by atoms with Crippen LogP contribution in [-0.4, -0.2) is 21.7 Å². The number of H-pyrrole nitrogens is 1. The molecule has 0 fully saturated rings. The molecule has 1 aliphatic carbocycles. The van der Waals surface area contributed by atoms with Gasteiger partial charge in [0.2, 0.25) is 0 Å². The number of aromatic amines is 1. The van der Waals surface area contributed by atoms with Gasteiger partial charge in [0.25, 0.3) is 5.56 Å². The molecule has 0 saturated carbocycles. The quantitative estimate of drug-likeness (QED) is 0.637. The molecule has 1 aromatic heterocycles. The lowest BCUT2D eigenvalue weighted by atomic mass is 10.0. The van der Waals surface area contributed by atoms with Gasteiger partial charge in [-0.3, -0.25) is 9.59 Å². The van der Waals surface area contributed by atoms with Crippen molar-refractivity contribution >= 4 is 11.8 Å². The van der Waals surface area contributed by atoms with Crippen molar-refractivity contribution in [1.82, 2.24) is 9.97 Å². The minimum atomic E-state index is -0.937. The first kappa shape index (κ1) is 20.4. The van der Waals surface area contributed by atoms with Gasteiger partial charge in [0.05, 0.1) is 5.69 Å². The Hall–Kier alpha value is -3.87. The van der Waals surface area contributed by atoms with E-state index < -0.39 is 17.3 Å². The second-order valence-corrected chi connectivity index (χ2v) is 7.24. The molecule has 1 heterocycles. The van der Waals surface area contributed by atoms with E-state index in [1.807, 2.05) is 6.07 Å². The van der Waals surface area contributed by atoms with Gasteiger partial charge in [-0.15, -0.1) is 0 Å². The van der Waals surface area contributed by atoms with Crippen LogP contribution in [0.1, 0.15) is 35.2 Å². The third kappa shape index (κ3) is 4.21. The zero-order valence-corrected chi connectivity index (χ0v) is 16.8. The first-order valence-electron chi connectivity index (χ1n) is 9.85. The highest BCUT2D eigenvalue weighted by molar-refractivity contribution is 5.98. The Bertz CT molecular complexity index is 1260. The predicted molar refractivity (Wildman–Crippen MR) is 113 cm³/mol. The van der Waals surface area contributed by atoms with Crippen LogP contribution >= 0.6 is 0 Å². The molecule has 0 spiro atoms. The van der Waals surface area contributed by atoms with Gasteiger partial charge in [-0.25, -0.2) is 14.2 Å². The Morgan fingerprint density at radius 3 is 2.58 bits per heavy atom. The van der Waals surface area contributed by atoms with Crippen molar-refractivity contribution < 1.29 is 18.7 Å². The van der Waals surface area contributed by atoms with Gasteiger partial charge < -0.3 is 9.72 Å². The van der Waals surface area contributed by atoms with Gasteiger partial charge in [0.1, 0.15) is 17.4 Å². The van der Waals surface area contributed by atoms with Crippen molar-refractivity contribution in [3.8, 4) is 22.6 Å². The molecule has 156 valence electrons. The molecule has 1 aliphatic rings. The van der Waals surface area contributed by atoms with E-state index in [2.05, 4.69) is 9.97 Å². The standard InChI is InChI=1S/C24H19FN2O4/c1-14-18(11-6-12-19(14)25)21-20(24(30)31-17-10-5-9-16(28)13-17)23(29)27-22(26-21)15-7-3-2-4-8-15/h2-4,6-8,11-13H,5,9-10H2,1H3,(H,26,27,29). The predicted octanol–water partition coefficient (Wildman–Crippen LogP) is 4.35. The maximum absolute atomic E-state index is 14.3. The van der Waals surface area contributed by atoms with Gasteiger partial charge >= 0.3 is 5.97 Å². The number of halogens is 1. The maximum atomic E-state index is 14.3. The molecule has 31 heavy (non-hydrogen) atoms. The summed E-state index contributed by atoms with van der Waals surface area (Å²) in [5.74, 6) is -1.11. The Balaban J connectivity index is 1.88. The summed E-state index contributed by atoms with van der Waals surface area (Å²) in [6, 6.07) is 13.3. The van der Waals surface area contributed by atoms with E-state index in [1.54, 1.807) is 37.3 Å². The molecular formula is C24H19FN2O4. The number of esters is 1. The number of aromatic nitrogens is 2. The molecule has 2 aromatic carbocycles. The van der Waals surface area contributed by atoms with Crippen molar-refractivity contribution in [3.05, 3.63) is 87.7 Å². The zero-order valence-electron chi connectivity index (χ0n) is 16.8. The Kier molecular flexibility index (Phi) is 5.58. The van der Waals surface area contributed by atoms with Crippen LogP contribution in [0.4, 0.5) is 4.39 Å². The van der Waals surface area contributed by atoms with Crippen LogP contribution in [-0.2, 0) is 9.53 Å². The molecule has 6 nitrogen and oxygen atoms in total. The van der Waals surface area contributed by atoms with Crippen LogP contribution in [0, 0.1) is 12.7 Å². The van der Waals surface area contributed by atoms with Crippen LogP contribution < -0.4 is 5.56 Å². The third-order valence-electron chi connectivity index (χ3n) is 5.09. The molecule has 0 saturated heterocycles. The number of carbonyl (C=O) groups excluding carboxylic acids is 2. The number of benzene rings is 2. The number of ether oxygens (including phenoxy) is 1. The Labute approximate surface area is 177 Å². The molecular weight excluding hydrogens is 399 g/mol. The van der Waals surface area contributed by atoms with Gasteiger partial charge in [-0.05, 0) is 25.0 Å². The zero-order chi connectivity index (χ0) is 22.0. The maximum Gasteiger partial charge on any atom is 0.351 e. The van der Waals surface area contributed by atoms with Gasteiger partial charge in [0.15, 0.2) is 11.3 Å². The third-order valence-corrected chi connectivity index (χ3v) is 5.09. The van der Waals surface area contributed by atoms with Crippen LogP contribution in [0.15, 0.2) is 65.2 Å². The topological polar surface area (TPSA) is 89.1 Å². The average molecular weight is 418 g/mol. The number of carbonyl (C=O) groups is 2. The number of allylic oxidation sites excluding steroid dienone is 2. The van der Waals surface area contributed by atoms with Crippen LogP contribution in [0.3, 0.4) is 0 Å². The second-order valence-electron chi connectivity index (χ2n) is 7.24. The van der Waals surface area contributed by atoms with Crippen molar-refractivity contribution in [2.24, 2.45) is 0 Å². The van der Waals surface area contributed by atoms with Crippen LogP contribution in [0.25, 0.3) is 22.6 Å². The van der Waals surface area contributed by atoms with Gasteiger partial charge in [0, 0.05) is 30.0 Å². The van der Waals surface area contributed by atoms with E-state index in [0.717, 1.165) is 0 Å². The lowest BCUT2D eigenvalue weighted by molar-refractivity contribution is -0.115. The van der Waals surface area contributed by atoms with Crippen molar-refractivity contribution in [2.75, 3.05) is 0 Å². The Morgan fingerprint density at radius 1 is 1.06 bits per heavy atom. The highest BCUT2D eigenvalue weighted by Crippen LogP contribution is 2.28. The van der Waals surface area contributed by atoms with E-state index >= 15 is 0 Å². The minimum absolute atomic E-state index is 0.0207. The normalized spacial score (nSPS) is 13.6. The molecule has 3 aromatic rings. The molecule has 1 N–H and O–H groups in total. The minimum Gasteiger partial charge on any atom is -0.427 e. The van der Waals surface area contributed by atoms with Gasteiger partial charge in [-0.2, -0.15) is 0 Å². The Morgan fingerprint density at radius 2 is 1.84 bits per heavy atom. The molecule has 0 aliphatic heterocycles. The lowest BCUT2D eigenvalue weighted by Gasteiger charge is -2.15. The summed E-state index contributed by atoms with van der Waals surface area (Å²) in [6.07, 6.45) is 2.64. The largest absolute Gasteiger partial charge is 0.427 e. The van der Waals surface area contributed by atoms with E-state index in [9.17, 15) is 18.8 Å². The molecule has 0 amide bonds. The molecule has 0 radical (unpaired) electrons. The number of rotatable bonds is 4. The molecule has 7 heteroatoms. The highest BCUT2D eigenvalue weighted by Gasteiger charge is 2.25. The first-order valence-corrected chi connectivity index (χ1v) is 9.85. The van der Waals surface area contributed by atoms with E-state index in [0.29, 0.717) is 30.4 Å². The summed E-state index contributed by atoms with van der Waals surface area (Å²) in [6.45, 7) is 1.55.